The maximum Gasteiger partial charge on any atom is 0.430 e. The van der Waals surface area contributed by atoms with Gasteiger partial charge in [0.25, 0.3) is 15.6 Å². The molecular formula is C24H21F10NO5S. The van der Waals surface area contributed by atoms with E-state index in [1.165, 1.54) is 0 Å². The summed E-state index contributed by atoms with van der Waals surface area (Å²) >= 11 is 0. The van der Waals surface area contributed by atoms with E-state index in [0.717, 1.165) is 24.3 Å². The SMILES string of the molecule is O=C(CCC(O)C(F)(F)F)C[C@@H]1CCc2cc(C(O)(C(F)(F)F)C(F)(F)F)ccc2N1S(=O)(=O)c1ccc(F)cc1. The lowest BCUT2D eigenvalue weighted by atomic mass is 9.87. The van der Waals surface area contributed by atoms with Crippen LogP contribution in [0.4, 0.5) is 49.6 Å². The van der Waals surface area contributed by atoms with Crippen LogP contribution in [0, 0.1) is 5.82 Å². The number of carbonyl (C=O) groups excluding carboxylic acids is 1. The molecule has 1 heterocycles. The van der Waals surface area contributed by atoms with Crippen LogP contribution in [0.25, 0.3) is 0 Å². The van der Waals surface area contributed by atoms with Crippen molar-refractivity contribution in [3.8, 4) is 0 Å². The van der Waals surface area contributed by atoms with Gasteiger partial charge in [0.15, 0.2) is 0 Å². The average Bonchev–Trinajstić information content (AvgIpc) is 2.84. The van der Waals surface area contributed by atoms with Crippen molar-refractivity contribution in [2.75, 3.05) is 4.31 Å². The average molecular weight is 625 g/mol. The molecular weight excluding hydrogens is 604 g/mol. The normalized spacial score (nSPS) is 17.8. The van der Waals surface area contributed by atoms with E-state index in [1.807, 2.05) is 0 Å². The molecule has 0 bridgehead atoms. The lowest BCUT2D eigenvalue weighted by Gasteiger charge is -2.39. The number of ketones is 1. The fraction of sp³-hybridized carbons (Fsp3) is 0.458. The Hall–Kier alpha value is -2.92. The highest BCUT2D eigenvalue weighted by molar-refractivity contribution is 7.92. The second-order valence-corrected chi connectivity index (χ2v) is 11.2. The van der Waals surface area contributed by atoms with Crippen molar-refractivity contribution in [1.82, 2.24) is 0 Å². The van der Waals surface area contributed by atoms with Gasteiger partial charge >= 0.3 is 18.5 Å². The van der Waals surface area contributed by atoms with Gasteiger partial charge in [-0.2, -0.15) is 39.5 Å². The molecule has 2 N–H and O–H groups in total. The molecule has 0 aliphatic carbocycles. The van der Waals surface area contributed by atoms with E-state index in [0.29, 0.717) is 16.4 Å². The summed E-state index contributed by atoms with van der Waals surface area (Å²) in [6, 6.07) is 2.92. The molecule has 0 saturated carbocycles. The first-order valence-corrected chi connectivity index (χ1v) is 13.1. The van der Waals surface area contributed by atoms with Gasteiger partial charge in [-0.15, -0.1) is 0 Å². The monoisotopic (exact) mass is 625 g/mol. The first-order valence-electron chi connectivity index (χ1n) is 11.7. The molecule has 1 unspecified atom stereocenters. The highest BCUT2D eigenvalue weighted by Gasteiger charge is 2.71. The minimum Gasteiger partial charge on any atom is -0.384 e. The molecule has 2 aromatic carbocycles. The molecule has 3 rings (SSSR count). The van der Waals surface area contributed by atoms with Crippen LogP contribution in [-0.4, -0.2) is 55.1 Å². The molecule has 0 fully saturated rings. The molecule has 0 spiro atoms. The first-order chi connectivity index (χ1) is 18.6. The van der Waals surface area contributed by atoms with E-state index >= 15 is 0 Å². The van der Waals surface area contributed by atoms with E-state index in [-0.39, 0.29) is 24.5 Å². The van der Waals surface area contributed by atoms with Gasteiger partial charge in [-0.05, 0) is 55.2 Å². The standard InChI is InChI=1S/C24H21F10NO5S/c25-15-3-7-18(8-4-15)41(39,40)35-16(12-17(36)6-10-20(37)22(26,27)28)5-1-13-11-14(2-9-19(13)35)21(38,23(29,30)31)24(32,33)34/h2-4,7-9,11,16,20,37-38H,1,5-6,10,12H2/t16-,20?/m0/s1. The number of aryl methyl sites for hydroxylation is 1. The van der Waals surface area contributed by atoms with Gasteiger partial charge in [0, 0.05) is 18.4 Å². The molecule has 1 aliphatic rings. The number of aliphatic hydroxyl groups excluding tert-OH is 1. The van der Waals surface area contributed by atoms with Crippen molar-refractivity contribution in [3.63, 3.8) is 0 Å². The first kappa shape index (κ1) is 32.6. The van der Waals surface area contributed by atoms with Crippen LogP contribution in [0.3, 0.4) is 0 Å². The molecule has 6 nitrogen and oxygen atoms in total. The number of anilines is 1. The van der Waals surface area contributed by atoms with Crippen LogP contribution in [0.15, 0.2) is 47.4 Å². The molecule has 17 heteroatoms. The summed E-state index contributed by atoms with van der Waals surface area (Å²) in [5.74, 6) is -1.76. The van der Waals surface area contributed by atoms with E-state index in [1.54, 1.807) is 0 Å². The maximum absolute atomic E-state index is 13.5. The second-order valence-electron chi connectivity index (χ2n) is 9.34. The molecule has 0 aromatic heterocycles. The number of fused-ring (bicyclic) bond motifs is 1. The van der Waals surface area contributed by atoms with Gasteiger partial charge < -0.3 is 10.2 Å². The van der Waals surface area contributed by atoms with Crippen LogP contribution in [-0.2, 0) is 26.8 Å². The third-order valence-corrected chi connectivity index (χ3v) is 8.42. The number of aliphatic hydroxyl groups is 2. The predicted octanol–water partition coefficient (Wildman–Crippen LogP) is 5.31. The summed E-state index contributed by atoms with van der Waals surface area (Å²) < 4.78 is 159. The van der Waals surface area contributed by atoms with Gasteiger partial charge in [0.1, 0.15) is 17.7 Å². The Morgan fingerprint density at radius 3 is 2.02 bits per heavy atom. The highest BCUT2D eigenvalue weighted by atomic mass is 32.2. The number of halogens is 10. The van der Waals surface area contributed by atoms with E-state index in [2.05, 4.69) is 0 Å². The van der Waals surface area contributed by atoms with Crippen molar-refractivity contribution in [2.45, 2.75) is 73.3 Å². The summed E-state index contributed by atoms with van der Waals surface area (Å²) in [6.45, 7) is 0. The third-order valence-electron chi connectivity index (χ3n) is 6.54. The fourth-order valence-electron chi connectivity index (χ4n) is 4.41. The summed E-state index contributed by atoms with van der Waals surface area (Å²) in [6.07, 6.45) is -23.6. The fourth-order valence-corrected chi connectivity index (χ4v) is 6.12. The van der Waals surface area contributed by atoms with Crippen molar-refractivity contribution >= 4 is 21.5 Å². The number of hydrogen-bond donors (Lipinski definition) is 2. The maximum atomic E-state index is 13.5. The summed E-state index contributed by atoms with van der Waals surface area (Å²) in [5, 5.41) is 18.9. The van der Waals surface area contributed by atoms with E-state index in [4.69, 9.17) is 5.11 Å². The smallest absolute Gasteiger partial charge is 0.384 e. The van der Waals surface area contributed by atoms with Crippen LogP contribution in [0.1, 0.15) is 36.8 Å². The minimum atomic E-state index is -6.22. The summed E-state index contributed by atoms with van der Waals surface area (Å²) in [4.78, 5) is 11.9. The zero-order valence-electron chi connectivity index (χ0n) is 20.5. The molecule has 41 heavy (non-hydrogen) atoms. The van der Waals surface area contributed by atoms with Crippen LogP contribution < -0.4 is 4.31 Å². The van der Waals surface area contributed by atoms with Crippen molar-refractivity contribution in [3.05, 3.63) is 59.4 Å². The van der Waals surface area contributed by atoms with Gasteiger partial charge in [-0.3, -0.25) is 9.10 Å². The van der Waals surface area contributed by atoms with Crippen molar-refractivity contribution in [1.29, 1.82) is 0 Å². The summed E-state index contributed by atoms with van der Waals surface area (Å²) in [5.41, 5.74) is -7.78. The Balaban J connectivity index is 2.07. The molecule has 0 amide bonds. The number of carbonyl (C=O) groups is 1. The van der Waals surface area contributed by atoms with Crippen molar-refractivity contribution in [2.24, 2.45) is 0 Å². The number of nitrogens with zero attached hydrogens (tertiary/aromatic N) is 1. The Labute approximate surface area is 226 Å². The lowest BCUT2D eigenvalue weighted by molar-refractivity contribution is -0.376. The zero-order chi connectivity index (χ0) is 31.2. The number of sulfonamides is 1. The lowest BCUT2D eigenvalue weighted by Crippen LogP contribution is -2.54. The van der Waals surface area contributed by atoms with Crippen molar-refractivity contribution < 1.29 is 67.3 Å². The topological polar surface area (TPSA) is 94.9 Å². The molecule has 228 valence electrons. The van der Waals surface area contributed by atoms with E-state index in [9.17, 15) is 62.2 Å². The Morgan fingerprint density at radius 2 is 1.51 bits per heavy atom. The number of benzene rings is 2. The van der Waals surface area contributed by atoms with Gasteiger partial charge in [0.05, 0.1) is 16.6 Å². The van der Waals surface area contributed by atoms with Gasteiger partial charge in [-0.1, -0.05) is 12.1 Å². The van der Waals surface area contributed by atoms with Crippen LogP contribution in [0.5, 0.6) is 0 Å². The highest BCUT2D eigenvalue weighted by Crippen LogP contribution is 2.51. The number of Topliss-reactive ketones (excluding diaryl/α,β-unsaturated/α-hetero) is 1. The predicted molar refractivity (Wildman–Crippen MR) is 122 cm³/mol. The van der Waals surface area contributed by atoms with Gasteiger partial charge in [0.2, 0.25) is 0 Å². The molecule has 0 saturated heterocycles. The van der Waals surface area contributed by atoms with Crippen LogP contribution >= 0.6 is 0 Å². The minimum absolute atomic E-state index is 0.219. The zero-order valence-corrected chi connectivity index (χ0v) is 21.3. The molecule has 2 aromatic rings. The summed E-state index contributed by atoms with van der Waals surface area (Å²) in [7, 11) is -4.77. The molecule has 0 radical (unpaired) electrons. The second kappa shape index (κ2) is 11.1. The molecule has 2 atom stereocenters. The van der Waals surface area contributed by atoms with Gasteiger partial charge in [-0.25, -0.2) is 12.8 Å². The van der Waals surface area contributed by atoms with E-state index < -0.39 is 93.3 Å². The number of hydrogen-bond acceptors (Lipinski definition) is 5. The Kier molecular flexibility index (Phi) is 8.79. The largest absolute Gasteiger partial charge is 0.430 e. The third kappa shape index (κ3) is 6.45. The van der Waals surface area contributed by atoms with Crippen LogP contribution in [0.2, 0.25) is 0 Å². The number of alkyl halides is 9. The Bertz CT molecular complexity index is 1360. The Morgan fingerprint density at radius 1 is 0.951 bits per heavy atom. The molecule has 1 aliphatic heterocycles. The quantitative estimate of drug-likeness (QED) is 0.388. The number of rotatable bonds is 8.